The predicted molar refractivity (Wildman–Crippen MR) is 39.5 cm³/mol. The quantitative estimate of drug-likeness (QED) is 0.570. The van der Waals surface area contributed by atoms with Crippen molar-refractivity contribution in [3.8, 4) is 0 Å². The zero-order valence-electron chi connectivity index (χ0n) is 6.34. The number of carbonyl (C=O) groups is 1. The Morgan fingerprint density at radius 3 is 3.20 bits per heavy atom. The first-order valence-electron chi connectivity index (χ1n) is 3.82. The van der Waals surface area contributed by atoms with Gasteiger partial charge in [0.2, 0.25) is 6.41 Å². The zero-order valence-corrected chi connectivity index (χ0v) is 6.34. The lowest BCUT2D eigenvalue weighted by Crippen LogP contribution is -2.40. The highest BCUT2D eigenvalue weighted by Gasteiger charge is 2.21. The van der Waals surface area contributed by atoms with Crippen LogP contribution in [0, 0.1) is 0 Å². The van der Waals surface area contributed by atoms with Gasteiger partial charge in [-0.2, -0.15) is 0 Å². The third kappa shape index (κ3) is 1.48. The molecule has 1 heterocycles. The lowest BCUT2D eigenvalue weighted by Gasteiger charge is -2.21. The number of hydrogen-bond donors (Lipinski definition) is 1. The maximum atomic E-state index is 10.1. The molecule has 0 aromatic heterocycles. The summed E-state index contributed by atoms with van der Waals surface area (Å²) in [5, 5.41) is 2.79. The van der Waals surface area contributed by atoms with Crippen molar-refractivity contribution < 1.29 is 4.79 Å². The number of nitrogens with zero attached hydrogens (tertiary/aromatic N) is 1. The van der Waals surface area contributed by atoms with Gasteiger partial charge in [-0.3, -0.25) is 9.69 Å². The summed E-state index contributed by atoms with van der Waals surface area (Å²) >= 11 is 0. The number of rotatable bonds is 3. The van der Waals surface area contributed by atoms with Gasteiger partial charge in [-0.25, -0.2) is 0 Å². The maximum Gasteiger partial charge on any atom is 0.208 e. The molecule has 0 spiro atoms. The van der Waals surface area contributed by atoms with Crippen LogP contribution in [0.2, 0.25) is 0 Å². The Bertz CT molecular complexity index is 116. The van der Waals surface area contributed by atoms with E-state index in [1.165, 1.54) is 6.42 Å². The summed E-state index contributed by atoms with van der Waals surface area (Å²) in [6.07, 6.45) is 3.41. The average Bonchev–Trinajstić information content (AvgIpc) is 2.36. The number of hydrogen-bond acceptors (Lipinski definition) is 2. The molecule has 0 unspecified atom stereocenters. The molecule has 3 heteroatoms. The Balaban J connectivity index is 2.34. The van der Waals surface area contributed by atoms with E-state index in [-0.39, 0.29) is 0 Å². The monoisotopic (exact) mass is 142 g/mol. The van der Waals surface area contributed by atoms with Crippen molar-refractivity contribution >= 4 is 6.41 Å². The number of carbonyl (C=O) groups excluding carboxylic acids is 1. The first kappa shape index (κ1) is 7.54. The van der Waals surface area contributed by atoms with Crippen molar-refractivity contribution in [1.82, 2.24) is 10.2 Å². The SMILES string of the molecule is CCN1CCC[C@@H]1NC=O. The van der Waals surface area contributed by atoms with Crippen LogP contribution in [0.3, 0.4) is 0 Å². The smallest absolute Gasteiger partial charge is 0.208 e. The molecule has 0 saturated carbocycles. The summed E-state index contributed by atoms with van der Waals surface area (Å²) in [7, 11) is 0. The van der Waals surface area contributed by atoms with E-state index < -0.39 is 0 Å². The summed E-state index contributed by atoms with van der Waals surface area (Å²) in [5.74, 6) is 0. The standard InChI is InChI=1S/C7H14N2O/c1-2-9-5-3-4-7(9)8-6-10/h6-7H,2-5H2,1H3,(H,8,10)/t7-/m1/s1. The third-order valence-corrected chi connectivity index (χ3v) is 2.03. The van der Waals surface area contributed by atoms with E-state index in [9.17, 15) is 4.79 Å². The topological polar surface area (TPSA) is 32.3 Å². The number of amides is 1. The van der Waals surface area contributed by atoms with Gasteiger partial charge in [0, 0.05) is 6.54 Å². The molecule has 0 aliphatic carbocycles. The summed E-state index contributed by atoms with van der Waals surface area (Å²) < 4.78 is 0. The van der Waals surface area contributed by atoms with E-state index in [0.29, 0.717) is 6.17 Å². The van der Waals surface area contributed by atoms with Gasteiger partial charge in [-0.15, -0.1) is 0 Å². The van der Waals surface area contributed by atoms with Gasteiger partial charge in [0.1, 0.15) is 0 Å². The molecule has 0 radical (unpaired) electrons. The largest absolute Gasteiger partial charge is 0.343 e. The minimum atomic E-state index is 0.308. The van der Waals surface area contributed by atoms with Gasteiger partial charge in [-0.1, -0.05) is 6.92 Å². The van der Waals surface area contributed by atoms with Crippen molar-refractivity contribution in [1.29, 1.82) is 0 Å². The van der Waals surface area contributed by atoms with Crippen molar-refractivity contribution in [3.05, 3.63) is 0 Å². The van der Waals surface area contributed by atoms with Gasteiger partial charge < -0.3 is 5.32 Å². The Morgan fingerprint density at radius 1 is 1.80 bits per heavy atom. The molecular weight excluding hydrogens is 128 g/mol. The van der Waals surface area contributed by atoms with Crippen LogP contribution in [0.25, 0.3) is 0 Å². The molecule has 1 atom stereocenters. The van der Waals surface area contributed by atoms with Crippen LogP contribution in [-0.4, -0.2) is 30.6 Å². The third-order valence-electron chi connectivity index (χ3n) is 2.03. The Hall–Kier alpha value is -0.570. The van der Waals surface area contributed by atoms with Crippen LogP contribution in [0.15, 0.2) is 0 Å². The molecule has 1 saturated heterocycles. The fraction of sp³-hybridized carbons (Fsp3) is 0.857. The van der Waals surface area contributed by atoms with Crippen molar-refractivity contribution in [3.63, 3.8) is 0 Å². The van der Waals surface area contributed by atoms with E-state index in [4.69, 9.17) is 0 Å². The summed E-state index contributed by atoms with van der Waals surface area (Å²) in [6.45, 7) is 4.28. The van der Waals surface area contributed by atoms with E-state index in [1.807, 2.05) is 0 Å². The van der Waals surface area contributed by atoms with Gasteiger partial charge in [-0.05, 0) is 19.4 Å². The van der Waals surface area contributed by atoms with Crippen molar-refractivity contribution in [2.45, 2.75) is 25.9 Å². The number of likely N-dealkylation sites (tertiary alicyclic amines) is 1. The van der Waals surface area contributed by atoms with Gasteiger partial charge >= 0.3 is 0 Å². The van der Waals surface area contributed by atoms with Crippen LogP contribution in [-0.2, 0) is 4.79 Å². The lowest BCUT2D eigenvalue weighted by molar-refractivity contribution is -0.111. The molecule has 58 valence electrons. The minimum absolute atomic E-state index is 0.308. The zero-order chi connectivity index (χ0) is 7.40. The van der Waals surface area contributed by atoms with E-state index in [2.05, 4.69) is 17.1 Å². The average molecular weight is 142 g/mol. The lowest BCUT2D eigenvalue weighted by atomic mass is 10.3. The molecule has 10 heavy (non-hydrogen) atoms. The van der Waals surface area contributed by atoms with E-state index in [0.717, 1.165) is 25.9 Å². The summed E-state index contributed by atoms with van der Waals surface area (Å²) in [5.41, 5.74) is 0. The molecule has 3 nitrogen and oxygen atoms in total. The molecule has 0 bridgehead atoms. The second-order valence-corrected chi connectivity index (χ2v) is 2.57. The molecular formula is C7H14N2O. The minimum Gasteiger partial charge on any atom is -0.343 e. The van der Waals surface area contributed by atoms with Crippen LogP contribution < -0.4 is 5.32 Å². The van der Waals surface area contributed by atoms with Gasteiger partial charge in [0.15, 0.2) is 0 Å². The fourth-order valence-corrected chi connectivity index (χ4v) is 1.47. The Morgan fingerprint density at radius 2 is 2.60 bits per heavy atom. The van der Waals surface area contributed by atoms with Crippen molar-refractivity contribution in [2.24, 2.45) is 0 Å². The molecule has 1 N–H and O–H groups in total. The molecule has 1 aliphatic heterocycles. The Labute approximate surface area is 61.4 Å². The predicted octanol–water partition coefficient (Wildman–Crippen LogP) is 0.174. The van der Waals surface area contributed by atoms with E-state index in [1.54, 1.807) is 0 Å². The first-order valence-corrected chi connectivity index (χ1v) is 3.82. The molecule has 1 aliphatic rings. The van der Waals surface area contributed by atoms with Crippen LogP contribution >= 0.6 is 0 Å². The first-order chi connectivity index (χ1) is 4.88. The Kier molecular flexibility index (Phi) is 2.68. The van der Waals surface area contributed by atoms with Crippen LogP contribution in [0.4, 0.5) is 0 Å². The van der Waals surface area contributed by atoms with Crippen LogP contribution in [0.5, 0.6) is 0 Å². The van der Waals surface area contributed by atoms with Gasteiger partial charge in [0.25, 0.3) is 0 Å². The highest BCUT2D eigenvalue weighted by Crippen LogP contribution is 2.12. The maximum absolute atomic E-state index is 10.1. The summed E-state index contributed by atoms with van der Waals surface area (Å²) in [4.78, 5) is 12.4. The molecule has 0 aromatic carbocycles. The fourth-order valence-electron chi connectivity index (χ4n) is 1.47. The van der Waals surface area contributed by atoms with Crippen LogP contribution in [0.1, 0.15) is 19.8 Å². The highest BCUT2D eigenvalue weighted by molar-refractivity contribution is 5.46. The normalized spacial score (nSPS) is 26.7. The summed E-state index contributed by atoms with van der Waals surface area (Å²) in [6, 6.07) is 0. The van der Waals surface area contributed by atoms with Gasteiger partial charge in [0.05, 0.1) is 6.17 Å². The molecule has 1 amide bonds. The second-order valence-electron chi connectivity index (χ2n) is 2.57. The molecule has 1 fully saturated rings. The number of nitrogens with one attached hydrogen (secondary N) is 1. The molecule has 0 aromatic rings. The van der Waals surface area contributed by atoms with Crippen molar-refractivity contribution in [2.75, 3.05) is 13.1 Å². The molecule has 1 rings (SSSR count). The second kappa shape index (κ2) is 3.56. The highest BCUT2D eigenvalue weighted by atomic mass is 16.1. The van der Waals surface area contributed by atoms with E-state index >= 15 is 0 Å².